The number of benzene rings is 2. The molecule has 3 rings (SSSR count). The van der Waals surface area contributed by atoms with Gasteiger partial charge in [0.05, 0.1) is 27.4 Å². The van der Waals surface area contributed by atoms with Crippen molar-refractivity contribution in [3.63, 3.8) is 0 Å². The van der Waals surface area contributed by atoms with E-state index >= 15 is 0 Å². The summed E-state index contributed by atoms with van der Waals surface area (Å²) in [7, 11) is 7.17. The Morgan fingerprint density at radius 3 is 2.34 bits per heavy atom. The van der Waals surface area contributed by atoms with Crippen LogP contribution in [0.4, 0.5) is 5.69 Å². The van der Waals surface area contributed by atoms with Crippen molar-refractivity contribution in [3.8, 4) is 17.4 Å². The molecule has 3 aromatic rings. The van der Waals surface area contributed by atoms with Crippen LogP contribution in [0.2, 0.25) is 0 Å². The molecule has 0 radical (unpaired) electrons. The van der Waals surface area contributed by atoms with Gasteiger partial charge in [0.15, 0.2) is 0 Å². The highest BCUT2D eigenvalue weighted by Crippen LogP contribution is 2.26. The highest BCUT2D eigenvalue weighted by Gasteiger charge is 2.18. The van der Waals surface area contributed by atoms with Crippen LogP contribution < -0.4 is 19.5 Å². The number of methoxy groups -OCH3 is 2. The van der Waals surface area contributed by atoms with E-state index in [1.807, 2.05) is 44.4 Å². The van der Waals surface area contributed by atoms with Crippen LogP contribution in [0, 0.1) is 0 Å². The second-order valence-electron chi connectivity index (χ2n) is 7.57. The molecule has 0 atom stereocenters. The van der Waals surface area contributed by atoms with Crippen molar-refractivity contribution in [3.05, 3.63) is 65.9 Å². The second-order valence-corrected chi connectivity index (χ2v) is 7.57. The van der Waals surface area contributed by atoms with Crippen LogP contribution in [0.3, 0.4) is 0 Å². The Balaban J connectivity index is 1.81. The number of hydrogen-bond donors (Lipinski definition) is 1. The van der Waals surface area contributed by atoms with Gasteiger partial charge in [0.1, 0.15) is 17.2 Å². The standard InChI is InChI=1S/C24H30N4O4/c1-27(2)11-8-12-32-23-16-22(28(26-23)17-18-9-6-5-7-10-18)24(29)25-19-13-20(30-3)15-21(14-19)31-4/h5-7,9-10,13-16H,8,11-12,17H2,1-4H3,(H,25,29). The minimum absolute atomic E-state index is 0.299. The summed E-state index contributed by atoms with van der Waals surface area (Å²) in [6.45, 7) is 1.89. The first-order valence-corrected chi connectivity index (χ1v) is 10.4. The van der Waals surface area contributed by atoms with Gasteiger partial charge in [-0.2, -0.15) is 0 Å². The van der Waals surface area contributed by atoms with Gasteiger partial charge < -0.3 is 24.4 Å². The molecule has 0 saturated heterocycles. The lowest BCUT2D eigenvalue weighted by atomic mass is 10.2. The summed E-state index contributed by atoms with van der Waals surface area (Å²) in [4.78, 5) is 15.2. The highest BCUT2D eigenvalue weighted by molar-refractivity contribution is 6.03. The first kappa shape index (κ1) is 23.1. The third kappa shape index (κ3) is 6.49. The second kappa shape index (κ2) is 11.2. The lowest BCUT2D eigenvalue weighted by molar-refractivity contribution is 0.101. The molecule has 1 heterocycles. The van der Waals surface area contributed by atoms with E-state index in [0.717, 1.165) is 18.5 Å². The zero-order valence-corrected chi connectivity index (χ0v) is 19.0. The van der Waals surface area contributed by atoms with Crippen molar-refractivity contribution >= 4 is 11.6 Å². The molecule has 170 valence electrons. The van der Waals surface area contributed by atoms with Crippen molar-refractivity contribution in [1.82, 2.24) is 14.7 Å². The maximum absolute atomic E-state index is 13.1. The fourth-order valence-corrected chi connectivity index (χ4v) is 3.16. The molecule has 1 amide bonds. The minimum atomic E-state index is -0.299. The quantitative estimate of drug-likeness (QED) is 0.462. The zero-order chi connectivity index (χ0) is 22.9. The molecular formula is C24H30N4O4. The number of anilines is 1. The highest BCUT2D eigenvalue weighted by atomic mass is 16.5. The molecule has 0 aliphatic rings. The number of rotatable bonds is 11. The summed E-state index contributed by atoms with van der Waals surface area (Å²) in [5, 5.41) is 7.43. The molecule has 0 aliphatic heterocycles. The summed E-state index contributed by atoms with van der Waals surface area (Å²) >= 11 is 0. The van der Waals surface area contributed by atoms with Crippen LogP contribution in [0.25, 0.3) is 0 Å². The van der Waals surface area contributed by atoms with Gasteiger partial charge in [-0.15, -0.1) is 5.10 Å². The molecule has 0 aliphatic carbocycles. The van der Waals surface area contributed by atoms with Gasteiger partial charge >= 0.3 is 0 Å². The van der Waals surface area contributed by atoms with Gasteiger partial charge in [-0.3, -0.25) is 9.48 Å². The van der Waals surface area contributed by atoms with Crippen LogP contribution in [0.1, 0.15) is 22.5 Å². The van der Waals surface area contributed by atoms with Crippen LogP contribution >= 0.6 is 0 Å². The lowest BCUT2D eigenvalue weighted by Gasteiger charge is -2.11. The molecule has 0 spiro atoms. The van der Waals surface area contributed by atoms with Crippen LogP contribution in [-0.2, 0) is 6.54 Å². The predicted octanol–water partition coefficient (Wildman–Crippen LogP) is 3.53. The first-order chi connectivity index (χ1) is 15.5. The Morgan fingerprint density at radius 1 is 1.03 bits per heavy atom. The maximum Gasteiger partial charge on any atom is 0.274 e. The molecule has 8 heteroatoms. The minimum Gasteiger partial charge on any atom is -0.497 e. The number of carbonyl (C=O) groups excluding carboxylic acids is 1. The molecule has 32 heavy (non-hydrogen) atoms. The van der Waals surface area contributed by atoms with Crippen molar-refractivity contribution in [2.24, 2.45) is 0 Å². The van der Waals surface area contributed by atoms with E-state index in [4.69, 9.17) is 14.2 Å². The van der Waals surface area contributed by atoms with E-state index in [0.29, 0.717) is 41.9 Å². The molecule has 0 fully saturated rings. The number of aromatic nitrogens is 2. The third-order valence-electron chi connectivity index (χ3n) is 4.77. The smallest absolute Gasteiger partial charge is 0.274 e. The van der Waals surface area contributed by atoms with Gasteiger partial charge in [-0.25, -0.2) is 0 Å². The van der Waals surface area contributed by atoms with E-state index < -0.39 is 0 Å². The number of carbonyl (C=O) groups is 1. The van der Waals surface area contributed by atoms with E-state index in [-0.39, 0.29) is 5.91 Å². The van der Waals surface area contributed by atoms with E-state index in [1.54, 1.807) is 43.2 Å². The lowest BCUT2D eigenvalue weighted by Crippen LogP contribution is -2.18. The van der Waals surface area contributed by atoms with Gasteiger partial charge in [-0.1, -0.05) is 30.3 Å². The van der Waals surface area contributed by atoms with E-state index in [9.17, 15) is 4.79 Å². The van der Waals surface area contributed by atoms with Crippen LogP contribution in [0.5, 0.6) is 17.4 Å². The molecule has 1 N–H and O–H groups in total. The summed E-state index contributed by atoms with van der Waals surface area (Å²) in [5.41, 5.74) is 2.00. The van der Waals surface area contributed by atoms with Gasteiger partial charge in [0, 0.05) is 36.5 Å². The van der Waals surface area contributed by atoms with E-state index in [1.165, 1.54) is 0 Å². The maximum atomic E-state index is 13.1. The zero-order valence-electron chi connectivity index (χ0n) is 19.0. The third-order valence-corrected chi connectivity index (χ3v) is 4.77. The molecule has 0 saturated carbocycles. The summed E-state index contributed by atoms with van der Waals surface area (Å²) in [5.74, 6) is 1.30. The molecule has 0 bridgehead atoms. The Labute approximate surface area is 188 Å². The summed E-state index contributed by atoms with van der Waals surface area (Å²) in [6.07, 6.45) is 0.865. The number of nitrogens with one attached hydrogen (secondary N) is 1. The number of ether oxygens (including phenoxy) is 3. The van der Waals surface area contributed by atoms with Crippen molar-refractivity contribution < 1.29 is 19.0 Å². The Morgan fingerprint density at radius 2 is 1.72 bits per heavy atom. The topological polar surface area (TPSA) is 77.9 Å². The number of nitrogens with zero attached hydrogens (tertiary/aromatic N) is 3. The molecule has 1 aromatic heterocycles. The van der Waals surface area contributed by atoms with Crippen molar-refractivity contribution in [1.29, 1.82) is 0 Å². The largest absolute Gasteiger partial charge is 0.497 e. The molecular weight excluding hydrogens is 408 g/mol. The van der Waals surface area contributed by atoms with Crippen LogP contribution in [0.15, 0.2) is 54.6 Å². The summed E-state index contributed by atoms with van der Waals surface area (Å²) in [6, 6.07) is 16.7. The van der Waals surface area contributed by atoms with E-state index in [2.05, 4.69) is 15.3 Å². The Kier molecular flexibility index (Phi) is 8.10. The average molecular weight is 439 g/mol. The Bertz CT molecular complexity index is 996. The molecule has 2 aromatic carbocycles. The predicted molar refractivity (Wildman–Crippen MR) is 124 cm³/mol. The first-order valence-electron chi connectivity index (χ1n) is 10.4. The number of amides is 1. The van der Waals surface area contributed by atoms with Gasteiger partial charge in [-0.05, 0) is 26.1 Å². The van der Waals surface area contributed by atoms with Crippen LogP contribution in [-0.4, -0.2) is 62.1 Å². The van der Waals surface area contributed by atoms with Gasteiger partial charge in [0.25, 0.3) is 5.91 Å². The van der Waals surface area contributed by atoms with Crippen molar-refractivity contribution in [2.45, 2.75) is 13.0 Å². The monoisotopic (exact) mass is 438 g/mol. The SMILES string of the molecule is COc1cc(NC(=O)c2cc(OCCCN(C)C)nn2Cc2ccccc2)cc(OC)c1. The normalized spacial score (nSPS) is 10.8. The fourth-order valence-electron chi connectivity index (χ4n) is 3.16. The summed E-state index contributed by atoms with van der Waals surface area (Å²) < 4.78 is 18.0. The van der Waals surface area contributed by atoms with Crippen molar-refractivity contribution in [2.75, 3.05) is 46.8 Å². The Hall–Kier alpha value is -3.52. The van der Waals surface area contributed by atoms with Gasteiger partial charge in [0.2, 0.25) is 5.88 Å². The molecule has 8 nitrogen and oxygen atoms in total. The number of hydrogen-bond acceptors (Lipinski definition) is 6. The molecule has 0 unspecified atom stereocenters. The fraction of sp³-hybridized carbons (Fsp3) is 0.333. The average Bonchev–Trinajstić information content (AvgIpc) is 3.19.